The van der Waals surface area contributed by atoms with E-state index < -0.39 is 5.54 Å². The molecule has 7 heteroatoms. The van der Waals surface area contributed by atoms with Crippen molar-refractivity contribution in [2.24, 2.45) is 11.7 Å². The fraction of sp³-hybridized carbons (Fsp3) is 0.471. The number of nitrogens with zero attached hydrogens (tertiary/aromatic N) is 2. The second kappa shape index (κ2) is 7.77. The number of hydrogen-bond donors (Lipinski definition) is 2. The van der Waals surface area contributed by atoms with E-state index in [-0.39, 0.29) is 18.2 Å². The minimum Gasteiger partial charge on any atom is -0.349 e. The molecular weight excluding hydrogens is 328 g/mol. The predicted octanol–water partition coefficient (Wildman–Crippen LogP) is 2.81. The molecule has 0 aliphatic rings. The molecule has 24 heavy (non-hydrogen) atoms. The summed E-state index contributed by atoms with van der Waals surface area (Å²) < 4.78 is 5.20. The highest BCUT2D eigenvalue weighted by Gasteiger charge is 2.28. The number of benzene rings is 1. The number of rotatable bonds is 7. The van der Waals surface area contributed by atoms with Crippen LogP contribution in [0.5, 0.6) is 0 Å². The van der Waals surface area contributed by atoms with Crippen LogP contribution in [-0.4, -0.2) is 28.1 Å². The first-order valence-electron chi connectivity index (χ1n) is 7.93. The third kappa shape index (κ3) is 4.55. The Bertz CT molecular complexity index is 684. The van der Waals surface area contributed by atoms with Crippen molar-refractivity contribution in [2.45, 2.75) is 39.2 Å². The van der Waals surface area contributed by atoms with Gasteiger partial charge in [0.1, 0.15) is 0 Å². The Morgan fingerprint density at radius 2 is 2.04 bits per heavy atom. The zero-order chi connectivity index (χ0) is 17.7. The van der Waals surface area contributed by atoms with Gasteiger partial charge < -0.3 is 15.6 Å². The third-order valence-electron chi connectivity index (χ3n) is 4.26. The molecule has 1 unspecified atom stereocenters. The molecule has 0 bridgehead atoms. The van der Waals surface area contributed by atoms with E-state index >= 15 is 0 Å². The highest BCUT2D eigenvalue weighted by molar-refractivity contribution is 6.30. The lowest BCUT2D eigenvalue weighted by molar-refractivity contribution is -0.123. The van der Waals surface area contributed by atoms with E-state index in [0.29, 0.717) is 29.7 Å². The first-order valence-corrected chi connectivity index (χ1v) is 8.31. The molecule has 6 nitrogen and oxygen atoms in total. The fourth-order valence-corrected chi connectivity index (χ4v) is 2.23. The normalized spacial score (nSPS) is 13.8. The van der Waals surface area contributed by atoms with E-state index in [4.69, 9.17) is 21.9 Å². The molecule has 1 aromatic carbocycles. The Morgan fingerprint density at radius 1 is 1.38 bits per heavy atom. The van der Waals surface area contributed by atoms with Gasteiger partial charge in [-0.1, -0.05) is 30.6 Å². The topological polar surface area (TPSA) is 94.0 Å². The van der Waals surface area contributed by atoms with Crippen LogP contribution in [-0.2, 0) is 11.2 Å². The zero-order valence-electron chi connectivity index (χ0n) is 14.2. The number of carbonyl (C=O) groups is 1. The quantitative estimate of drug-likeness (QED) is 0.800. The molecular formula is C17H23ClN4O2. The smallest absolute Gasteiger partial charge is 0.227 e. The molecule has 1 heterocycles. The number of halogens is 1. The van der Waals surface area contributed by atoms with E-state index in [1.54, 1.807) is 12.1 Å². The van der Waals surface area contributed by atoms with Gasteiger partial charge in [0, 0.05) is 30.0 Å². The van der Waals surface area contributed by atoms with Gasteiger partial charge in [0.15, 0.2) is 0 Å². The molecule has 2 aromatic rings. The molecule has 0 aliphatic heterocycles. The summed E-state index contributed by atoms with van der Waals surface area (Å²) in [5.41, 5.74) is 6.17. The Morgan fingerprint density at radius 3 is 2.62 bits per heavy atom. The summed E-state index contributed by atoms with van der Waals surface area (Å²) in [6.07, 6.45) is 0.649. The van der Waals surface area contributed by atoms with Crippen molar-refractivity contribution in [3.63, 3.8) is 0 Å². The molecule has 1 atom stereocenters. The summed E-state index contributed by atoms with van der Waals surface area (Å²) in [4.78, 5) is 16.4. The van der Waals surface area contributed by atoms with Crippen molar-refractivity contribution < 1.29 is 9.32 Å². The van der Waals surface area contributed by atoms with Gasteiger partial charge in [0.05, 0.1) is 5.54 Å². The molecule has 0 spiro atoms. The van der Waals surface area contributed by atoms with E-state index in [0.717, 1.165) is 5.56 Å². The van der Waals surface area contributed by atoms with Gasteiger partial charge in [-0.15, -0.1) is 0 Å². The summed E-state index contributed by atoms with van der Waals surface area (Å²) in [6, 6.07) is 7.16. The van der Waals surface area contributed by atoms with Crippen molar-refractivity contribution in [3.8, 4) is 11.4 Å². The number of nitrogens with two attached hydrogens (primary N) is 1. The number of hydrogen-bond acceptors (Lipinski definition) is 5. The lowest BCUT2D eigenvalue weighted by Gasteiger charge is -2.33. The molecule has 0 fully saturated rings. The molecule has 0 radical (unpaired) electrons. The summed E-state index contributed by atoms with van der Waals surface area (Å²) in [5, 5.41) is 7.57. The van der Waals surface area contributed by atoms with Gasteiger partial charge >= 0.3 is 0 Å². The maximum Gasteiger partial charge on any atom is 0.227 e. The molecule has 0 saturated heterocycles. The van der Waals surface area contributed by atoms with Crippen molar-refractivity contribution >= 4 is 17.5 Å². The number of carbonyl (C=O) groups excluding carboxylic acids is 1. The fourth-order valence-electron chi connectivity index (χ4n) is 2.11. The number of amides is 1. The molecule has 1 amide bonds. The van der Waals surface area contributed by atoms with E-state index in [2.05, 4.69) is 15.5 Å². The first-order chi connectivity index (χ1) is 11.3. The standard InChI is InChI=1S/C17H23ClN4O2/c1-11(2)17(3,10-19)21-14(23)8-9-15-20-16(22-24-15)12-4-6-13(18)7-5-12/h4-7,11H,8-10,19H2,1-3H3,(H,21,23). The van der Waals surface area contributed by atoms with Crippen molar-refractivity contribution in [1.82, 2.24) is 15.5 Å². The maximum absolute atomic E-state index is 12.1. The second-order valence-corrected chi connectivity index (χ2v) is 6.78. The van der Waals surface area contributed by atoms with Crippen LogP contribution in [0.3, 0.4) is 0 Å². The van der Waals surface area contributed by atoms with Crippen molar-refractivity contribution in [1.29, 1.82) is 0 Å². The van der Waals surface area contributed by atoms with Gasteiger partial charge in [-0.2, -0.15) is 4.98 Å². The number of nitrogens with one attached hydrogen (secondary N) is 1. The molecule has 1 aromatic heterocycles. The Labute approximate surface area is 146 Å². The third-order valence-corrected chi connectivity index (χ3v) is 4.51. The minimum absolute atomic E-state index is 0.0807. The highest BCUT2D eigenvalue weighted by Crippen LogP contribution is 2.19. The van der Waals surface area contributed by atoms with Gasteiger partial charge in [-0.3, -0.25) is 4.79 Å². The van der Waals surface area contributed by atoms with Gasteiger partial charge in [0.25, 0.3) is 0 Å². The average Bonchev–Trinajstić information content (AvgIpc) is 3.02. The molecule has 130 valence electrons. The van der Waals surface area contributed by atoms with Crippen LogP contribution in [0.4, 0.5) is 0 Å². The summed E-state index contributed by atoms with van der Waals surface area (Å²) in [7, 11) is 0. The van der Waals surface area contributed by atoms with Gasteiger partial charge in [-0.05, 0) is 37.1 Å². The second-order valence-electron chi connectivity index (χ2n) is 6.34. The van der Waals surface area contributed by atoms with Crippen LogP contribution in [0.15, 0.2) is 28.8 Å². The van der Waals surface area contributed by atoms with Crippen LogP contribution in [0.25, 0.3) is 11.4 Å². The molecule has 3 N–H and O–H groups in total. The largest absolute Gasteiger partial charge is 0.349 e. The van der Waals surface area contributed by atoms with Gasteiger partial charge in [0.2, 0.25) is 17.6 Å². The SMILES string of the molecule is CC(C)C(C)(CN)NC(=O)CCc1nc(-c2ccc(Cl)cc2)no1. The lowest BCUT2D eigenvalue weighted by Crippen LogP contribution is -2.55. The van der Waals surface area contributed by atoms with Gasteiger partial charge in [-0.25, -0.2) is 0 Å². The van der Waals surface area contributed by atoms with Crippen molar-refractivity contribution in [2.75, 3.05) is 6.54 Å². The maximum atomic E-state index is 12.1. The average molecular weight is 351 g/mol. The Hall–Kier alpha value is -1.92. The highest BCUT2D eigenvalue weighted by atomic mass is 35.5. The van der Waals surface area contributed by atoms with Crippen molar-refractivity contribution in [3.05, 3.63) is 35.2 Å². The van der Waals surface area contributed by atoms with Crippen LogP contribution in [0.2, 0.25) is 5.02 Å². The van der Waals surface area contributed by atoms with E-state index in [1.807, 2.05) is 32.9 Å². The monoisotopic (exact) mass is 350 g/mol. The summed E-state index contributed by atoms with van der Waals surface area (Å²) in [6.45, 7) is 6.39. The van der Waals surface area contributed by atoms with Crippen LogP contribution in [0.1, 0.15) is 33.1 Å². The number of aromatic nitrogens is 2. The Balaban J connectivity index is 1.93. The first kappa shape index (κ1) is 18.4. The van der Waals surface area contributed by atoms with Crippen LogP contribution >= 0.6 is 11.6 Å². The van der Waals surface area contributed by atoms with E-state index in [1.165, 1.54) is 0 Å². The van der Waals surface area contributed by atoms with Crippen LogP contribution in [0, 0.1) is 5.92 Å². The van der Waals surface area contributed by atoms with Crippen LogP contribution < -0.4 is 11.1 Å². The predicted molar refractivity (Wildman–Crippen MR) is 93.5 cm³/mol. The summed E-state index contributed by atoms with van der Waals surface area (Å²) in [5.74, 6) is 1.07. The minimum atomic E-state index is -0.416. The Kier molecular flexibility index (Phi) is 5.96. The number of aryl methyl sites for hydroxylation is 1. The zero-order valence-corrected chi connectivity index (χ0v) is 14.9. The van der Waals surface area contributed by atoms with E-state index in [9.17, 15) is 4.79 Å². The molecule has 0 saturated carbocycles. The summed E-state index contributed by atoms with van der Waals surface area (Å²) >= 11 is 5.86. The molecule has 2 rings (SSSR count). The molecule has 0 aliphatic carbocycles. The lowest BCUT2D eigenvalue weighted by atomic mass is 9.88.